The molecule has 0 bridgehead atoms. The van der Waals surface area contributed by atoms with Gasteiger partial charge in [0.05, 0.1) is 17.5 Å². The molecule has 9 atom stereocenters. The lowest BCUT2D eigenvalue weighted by molar-refractivity contribution is -0.205. The van der Waals surface area contributed by atoms with E-state index in [0.717, 1.165) is 25.8 Å². The van der Waals surface area contributed by atoms with Crippen molar-refractivity contribution >= 4 is 29.3 Å². The van der Waals surface area contributed by atoms with Crippen molar-refractivity contribution in [2.24, 2.45) is 5.92 Å². The Kier molecular flexibility index (Phi) is 8.67. The van der Waals surface area contributed by atoms with Gasteiger partial charge in [0.15, 0.2) is 0 Å². The van der Waals surface area contributed by atoms with E-state index in [1.54, 1.807) is 13.2 Å². The lowest BCUT2D eigenvalue weighted by atomic mass is 9.92. The van der Waals surface area contributed by atoms with Crippen LogP contribution in [0.3, 0.4) is 0 Å². The van der Waals surface area contributed by atoms with Gasteiger partial charge < -0.3 is 25.4 Å². The predicted molar refractivity (Wildman–Crippen MR) is 107 cm³/mol. The monoisotopic (exact) mass is 424 g/mol. The molecule has 158 valence electrons. The van der Waals surface area contributed by atoms with E-state index >= 15 is 0 Å². The molecule has 2 saturated heterocycles. The number of carbonyl (C=O) groups excluding carboxylic acids is 1. The standard InChI is InChI=1S/C18H33ClN2O5S/c1-5-6-10-7-11(21(3)8-10)17(25)20-12(9(2)19)16-14(23)13(22)15(24)18(26-16)27-4/h9-16,18,22-24H,5-8H2,1-4H3,(H,20,25)/t9-,10+,11-,12+,13-,14+,15+,16-,18+/m1/s1. The Morgan fingerprint density at radius 2 is 2.00 bits per heavy atom. The molecule has 7 nitrogen and oxygen atoms in total. The van der Waals surface area contributed by atoms with Crippen LogP contribution < -0.4 is 5.32 Å². The molecule has 2 heterocycles. The van der Waals surface area contributed by atoms with Gasteiger partial charge in [0.2, 0.25) is 5.91 Å². The molecular formula is C18H33ClN2O5S. The van der Waals surface area contributed by atoms with E-state index in [4.69, 9.17) is 16.3 Å². The SMILES string of the molecule is CCC[C@H]1C[C@H](C(=O)N[C@H]([C@H]2O[C@@H](SC)[C@@H](O)[C@H](O)[C@@H]2O)[C@@H](C)Cl)N(C)C1. The maximum absolute atomic E-state index is 12.9. The Morgan fingerprint density at radius 3 is 2.56 bits per heavy atom. The summed E-state index contributed by atoms with van der Waals surface area (Å²) in [6, 6.07) is -0.934. The number of aliphatic hydroxyl groups excluding tert-OH is 3. The summed E-state index contributed by atoms with van der Waals surface area (Å²) in [5, 5.41) is 33.0. The van der Waals surface area contributed by atoms with E-state index < -0.39 is 41.3 Å². The fraction of sp³-hybridized carbons (Fsp3) is 0.944. The summed E-state index contributed by atoms with van der Waals surface area (Å²) in [5.41, 5.74) is -0.702. The maximum Gasteiger partial charge on any atom is 0.237 e. The van der Waals surface area contributed by atoms with Crippen LogP contribution in [0.4, 0.5) is 0 Å². The molecule has 0 aromatic carbocycles. The third kappa shape index (κ3) is 5.29. The van der Waals surface area contributed by atoms with Crippen LogP contribution in [0.5, 0.6) is 0 Å². The zero-order valence-corrected chi connectivity index (χ0v) is 18.0. The van der Waals surface area contributed by atoms with Crippen LogP contribution in [-0.2, 0) is 9.53 Å². The third-order valence-electron chi connectivity index (χ3n) is 5.63. The number of carbonyl (C=O) groups is 1. The van der Waals surface area contributed by atoms with Crippen molar-refractivity contribution in [3.63, 3.8) is 0 Å². The van der Waals surface area contributed by atoms with Crippen molar-refractivity contribution in [2.75, 3.05) is 19.8 Å². The maximum atomic E-state index is 12.9. The van der Waals surface area contributed by atoms with Crippen LogP contribution >= 0.6 is 23.4 Å². The topological polar surface area (TPSA) is 102 Å². The first-order valence-electron chi connectivity index (χ1n) is 9.58. The van der Waals surface area contributed by atoms with Crippen molar-refractivity contribution in [2.45, 2.75) is 80.4 Å². The summed E-state index contributed by atoms with van der Waals surface area (Å²) in [5.74, 6) is 0.350. The number of hydrogen-bond donors (Lipinski definition) is 4. The van der Waals surface area contributed by atoms with Crippen LogP contribution in [0.1, 0.15) is 33.1 Å². The smallest absolute Gasteiger partial charge is 0.237 e. The molecule has 1 amide bonds. The Bertz CT molecular complexity index is 498. The zero-order chi connectivity index (χ0) is 20.3. The number of halogens is 1. The second-order valence-electron chi connectivity index (χ2n) is 7.73. The van der Waals surface area contributed by atoms with Gasteiger partial charge in [-0.25, -0.2) is 0 Å². The predicted octanol–water partition coefficient (Wildman–Crippen LogP) is 0.390. The van der Waals surface area contributed by atoms with Gasteiger partial charge in [0.1, 0.15) is 29.9 Å². The van der Waals surface area contributed by atoms with Gasteiger partial charge in [-0.3, -0.25) is 9.69 Å². The number of ether oxygens (including phenoxy) is 1. The molecule has 27 heavy (non-hydrogen) atoms. The molecule has 2 rings (SSSR count). The summed E-state index contributed by atoms with van der Waals surface area (Å²) in [4.78, 5) is 14.9. The van der Waals surface area contributed by atoms with Crippen LogP contribution in [0, 0.1) is 5.92 Å². The number of rotatable bonds is 7. The first-order chi connectivity index (χ1) is 12.7. The molecule has 0 aliphatic carbocycles. The van der Waals surface area contributed by atoms with Crippen molar-refractivity contribution in [3.8, 4) is 0 Å². The Labute approximate surface area is 170 Å². The van der Waals surface area contributed by atoms with E-state index in [2.05, 4.69) is 12.2 Å². The van der Waals surface area contributed by atoms with Crippen LogP contribution in [-0.4, -0.2) is 93.3 Å². The Morgan fingerprint density at radius 1 is 1.33 bits per heavy atom. The average molecular weight is 425 g/mol. The minimum Gasteiger partial charge on any atom is -0.388 e. The van der Waals surface area contributed by atoms with Crippen molar-refractivity contribution in [3.05, 3.63) is 0 Å². The van der Waals surface area contributed by atoms with Gasteiger partial charge in [-0.1, -0.05) is 13.3 Å². The highest BCUT2D eigenvalue weighted by molar-refractivity contribution is 7.99. The number of hydrogen-bond acceptors (Lipinski definition) is 7. The minimum atomic E-state index is -1.36. The molecule has 9 heteroatoms. The molecule has 0 radical (unpaired) electrons. The summed E-state index contributed by atoms with van der Waals surface area (Å²) in [6.07, 6.45) is -0.0980. The molecular weight excluding hydrogens is 392 g/mol. The molecule has 4 N–H and O–H groups in total. The summed E-state index contributed by atoms with van der Waals surface area (Å²) in [6.45, 7) is 4.74. The fourth-order valence-electron chi connectivity index (χ4n) is 4.11. The van der Waals surface area contributed by atoms with Crippen LogP contribution in [0.25, 0.3) is 0 Å². The van der Waals surface area contributed by atoms with E-state index in [9.17, 15) is 20.1 Å². The van der Waals surface area contributed by atoms with Crippen LogP contribution in [0.15, 0.2) is 0 Å². The normalized spacial score (nSPS) is 39.9. The molecule has 0 aromatic heterocycles. The number of aliphatic hydroxyl groups is 3. The molecule has 0 spiro atoms. The number of thioether (sulfide) groups is 1. The molecule has 0 saturated carbocycles. The molecule has 2 aliphatic rings. The number of likely N-dealkylation sites (N-methyl/N-ethyl adjacent to an activating group) is 1. The summed E-state index contributed by atoms with van der Waals surface area (Å²) >= 11 is 7.55. The highest BCUT2D eigenvalue weighted by Crippen LogP contribution is 2.31. The number of nitrogens with zero attached hydrogens (tertiary/aromatic N) is 1. The van der Waals surface area contributed by atoms with E-state index in [1.165, 1.54) is 11.8 Å². The highest BCUT2D eigenvalue weighted by Gasteiger charge is 2.48. The fourth-order valence-corrected chi connectivity index (χ4v) is 5.00. The van der Waals surface area contributed by atoms with Gasteiger partial charge in [-0.05, 0) is 39.0 Å². The number of alkyl halides is 1. The number of amides is 1. The average Bonchev–Trinajstić information content (AvgIpc) is 2.99. The summed E-state index contributed by atoms with van der Waals surface area (Å²) < 4.78 is 5.79. The van der Waals surface area contributed by atoms with Crippen molar-refractivity contribution in [1.29, 1.82) is 0 Å². The largest absolute Gasteiger partial charge is 0.388 e. The van der Waals surface area contributed by atoms with E-state index in [-0.39, 0.29) is 11.9 Å². The molecule has 0 aromatic rings. The second kappa shape index (κ2) is 10.1. The third-order valence-corrected chi connectivity index (χ3v) is 6.76. The van der Waals surface area contributed by atoms with Gasteiger partial charge in [-0.15, -0.1) is 23.4 Å². The Balaban J connectivity index is 2.09. The van der Waals surface area contributed by atoms with Gasteiger partial charge in [0, 0.05) is 6.54 Å². The van der Waals surface area contributed by atoms with Crippen LogP contribution in [0.2, 0.25) is 0 Å². The van der Waals surface area contributed by atoms with Gasteiger partial charge in [0.25, 0.3) is 0 Å². The van der Waals surface area contributed by atoms with Gasteiger partial charge in [-0.2, -0.15) is 0 Å². The summed E-state index contributed by atoms with van der Waals surface area (Å²) in [7, 11) is 1.94. The lowest BCUT2D eigenvalue weighted by Gasteiger charge is -2.44. The quantitative estimate of drug-likeness (QED) is 0.438. The first kappa shape index (κ1) is 23.2. The van der Waals surface area contributed by atoms with E-state index in [1.807, 2.05) is 11.9 Å². The van der Waals surface area contributed by atoms with Crippen molar-refractivity contribution < 1.29 is 24.9 Å². The van der Waals surface area contributed by atoms with Crippen molar-refractivity contribution in [1.82, 2.24) is 10.2 Å². The minimum absolute atomic E-state index is 0.147. The highest BCUT2D eigenvalue weighted by atomic mass is 35.5. The molecule has 0 unspecified atom stereocenters. The Hall–Kier alpha value is -0.0900. The lowest BCUT2D eigenvalue weighted by Crippen LogP contribution is -2.65. The second-order valence-corrected chi connectivity index (χ2v) is 9.36. The van der Waals surface area contributed by atoms with Gasteiger partial charge >= 0.3 is 0 Å². The molecule has 2 aliphatic heterocycles. The molecule has 2 fully saturated rings. The number of likely N-dealkylation sites (tertiary alicyclic amines) is 1. The number of nitrogens with one attached hydrogen (secondary N) is 1. The van der Waals surface area contributed by atoms with E-state index in [0.29, 0.717) is 5.92 Å². The zero-order valence-electron chi connectivity index (χ0n) is 16.4. The first-order valence-corrected chi connectivity index (χ1v) is 11.3.